The van der Waals surface area contributed by atoms with Crippen molar-refractivity contribution >= 4 is 33.3 Å². The molecular weight excluding hydrogens is 278 g/mol. The summed E-state index contributed by atoms with van der Waals surface area (Å²) in [5.74, 6) is -0.397. The molecule has 0 saturated heterocycles. The van der Waals surface area contributed by atoms with Gasteiger partial charge < -0.3 is 15.5 Å². The van der Waals surface area contributed by atoms with Crippen LogP contribution < -0.4 is 5.32 Å². The van der Waals surface area contributed by atoms with Crippen LogP contribution in [0, 0.1) is 6.92 Å². The highest BCUT2D eigenvalue weighted by molar-refractivity contribution is 7.20. The highest BCUT2D eigenvalue weighted by atomic mass is 32.1. The molecule has 0 saturated carbocycles. The number of hydrogen-bond acceptors (Lipinski definition) is 6. The van der Waals surface area contributed by atoms with Crippen LogP contribution in [0.1, 0.15) is 35.5 Å². The lowest BCUT2D eigenvalue weighted by Gasteiger charge is -2.28. The van der Waals surface area contributed by atoms with Crippen LogP contribution in [-0.2, 0) is 0 Å². The van der Waals surface area contributed by atoms with Crippen LogP contribution in [-0.4, -0.2) is 38.3 Å². The Morgan fingerprint density at radius 2 is 2.20 bits per heavy atom. The number of aliphatic hydroxyl groups excluding tert-OH is 1. The first-order valence-corrected chi connectivity index (χ1v) is 7.10. The standard InChI is InChI=1S/C13H17N3O3S/c1-4-13(3,5-17)16-10-8-7(2)9(12(18)19)20-11(8)15-6-14-10/h6,17H,4-5H2,1-3H3,(H,18,19)(H,14,15,16). The molecule has 1 unspecified atom stereocenters. The first-order chi connectivity index (χ1) is 9.41. The third kappa shape index (κ3) is 2.46. The molecule has 0 radical (unpaired) electrons. The van der Waals surface area contributed by atoms with Crippen LogP contribution in [0.3, 0.4) is 0 Å². The van der Waals surface area contributed by atoms with Crippen molar-refractivity contribution < 1.29 is 15.0 Å². The molecule has 0 fully saturated rings. The fraction of sp³-hybridized carbons (Fsp3) is 0.462. The summed E-state index contributed by atoms with van der Waals surface area (Å²) in [6.07, 6.45) is 2.11. The number of hydrogen-bond donors (Lipinski definition) is 3. The summed E-state index contributed by atoms with van der Waals surface area (Å²) >= 11 is 1.13. The first-order valence-electron chi connectivity index (χ1n) is 6.28. The third-order valence-corrected chi connectivity index (χ3v) is 4.66. The van der Waals surface area contributed by atoms with Crippen LogP contribution in [0.2, 0.25) is 0 Å². The van der Waals surface area contributed by atoms with E-state index in [1.165, 1.54) is 6.33 Å². The highest BCUT2D eigenvalue weighted by Gasteiger charge is 2.24. The van der Waals surface area contributed by atoms with Crippen LogP contribution in [0.15, 0.2) is 6.33 Å². The van der Waals surface area contributed by atoms with E-state index in [1.54, 1.807) is 6.92 Å². The molecule has 0 aliphatic rings. The van der Waals surface area contributed by atoms with Crippen molar-refractivity contribution in [1.82, 2.24) is 9.97 Å². The third-order valence-electron chi connectivity index (χ3n) is 3.47. The zero-order valence-electron chi connectivity index (χ0n) is 11.6. The second kappa shape index (κ2) is 5.34. The van der Waals surface area contributed by atoms with E-state index in [-0.39, 0.29) is 11.5 Å². The van der Waals surface area contributed by atoms with Gasteiger partial charge in [-0.1, -0.05) is 6.92 Å². The molecule has 20 heavy (non-hydrogen) atoms. The second-order valence-corrected chi connectivity index (χ2v) is 5.96. The zero-order chi connectivity index (χ0) is 14.9. The Morgan fingerprint density at radius 1 is 1.50 bits per heavy atom. The number of aromatic nitrogens is 2. The minimum absolute atomic E-state index is 0.0377. The number of nitrogens with zero attached hydrogens (tertiary/aromatic N) is 2. The number of carboxylic acids is 1. The van der Waals surface area contributed by atoms with Crippen molar-refractivity contribution in [3.05, 3.63) is 16.8 Å². The van der Waals surface area contributed by atoms with Gasteiger partial charge in [-0.2, -0.15) is 0 Å². The maximum absolute atomic E-state index is 11.2. The zero-order valence-corrected chi connectivity index (χ0v) is 12.4. The molecule has 2 rings (SSSR count). The molecule has 7 heteroatoms. The van der Waals surface area contributed by atoms with Crippen molar-refractivity contribution in [2.75, 3.05) is 11.9 Å². The molecule has 2 heterocycles. The largest absolute Gasteiger partial charge is 0.477 e. The van der Waals surface area contributed by atoms with Gasteiger partial charge in [-0.05, 0) is 25.8 Å². The van der Waals surface area contributed by atoms with Crippen molar-refractivity contribution in [1.29, 1.82) is 0 Å². The SMILES string of the molecule is CCC(C)(CO)Nc1ncnc2sc(C(=O)O)c(C)c12. The molecule has 1 atom stereocenters. The minimum atomic E-state index is -0.961. The number of carbonyl (C=O) groups is 1. The fourth-order valence-corrected chi connectivity index (χ4v) is 2.88. The van der Waals surface area contributed by atoms with Crippen molar-refractivity contribution in [3.8, 4) is 0 Å². The lowest BCUT2D eigenvalue weighted by Crippen LogP contribution is -2.38. The fourth-order valence-electron chi connectivity index (χ4n) is 1.90. The van der Waals surface area contributed by atoms with Crippen LogP contribution in [0.25, 0.3) is 10.2 Å². The molecule has 2 aromatic heterocycles. The molecule has 0 spiro atoms. The number of aryl methyl sites for hydroxylation is 1. The maximum atomic E-state index is 11.2. The Morgan fingerprint density at radius 3 is 2.75 bits per heavy atom. The predicted molar refractivity (Wildman–Crippen MR) is 78.5 cm³/mol. The van der Waals surface area contributed by atoms with Crippen LogP contribution in [0.5, 0.6) is 0 Å². The van der Waals surface area contributed by atoms with E-state index in [1.807, 2.05) is 13.8 Å². The number of aliphatic hydroxyl groups is 1. The summed E-state index contributed by atoms with van der Waals surface area (Å²) in [6, 6.07) is 0. The Balaban J connectivity index is 2.57. The Bertz CT molecular complexity index is 650. The lowest BCUT2D eigenvalue weighted by molar-refractivity contribution is 0.0701. The van der Waals surface area contributed by atoms with Gasteiger partial charge in [0.25, 0.3) is 0 Å². The molecule has 6 nitrogen and oxygen atoms in total. The van der Waals surface area contributed by atoms with Gasteiger partial charge in [0, 0.05) is 0 Å². The smallest absolute Gasteiger partial charge is 0.346 e. The minimum Gasteiger partial charge on any atom is -0.477 e. The van der Waals surface area contributed by atoms with Gasteiger partial charge in [0.15, 0.2) is 0 Å². The Hall–Kier alpha value is -1.73. The van der Waals surface area contributed by atoms with Crippen molar-refractivity contribution in [2.45, 2.75) is 32.7 Å². The van der Waals surface area contributed by atoms with E-state index >= 15 is 0 Å². The summed E-state index contributed by atoms with van der Waals surface area (Å²) in [6.45, 7) is 5.56. The molecule has 3 N–H and O–H groups in total. The van der Waals surface area contributed by atoms with Gasteiger partial charge in [-0.25, -0.2) is 14.8 Å². The Kier molecular flexibility index (Phi) is 3.92. The number of fused-ring (bicyclic) bond motifs is 1. The topological polar surface area (TPSA) is 95.3 Å². The van der Waals surface area contributed by atoms with E-state index < -0.39 is 11.5 Å². The van der Waals surface area contributed by atoms with Crippen molar-refractivity contribution in [2.24, 2.45) is 0 Å². The predicted octanol–water partition coefficient (Wildman–Crippen LogP) is 2.27. The number of anilines is 1. The maximum Gasteiger partial charge on any atom is 0.346 e. The van der Waals surface area contributed by atoms with Crippen LogP contribution >= 0.6 is 11.3 Å². The van der Waals surface area contributed by atoms with E-state index in [2.05, 4.69) is 15.3 Å². The van der Waals surface area contributed by atoms with Crippen LogP contribution in [0.4, 0.5) is 5.82 Å². The molecule has 0 bridgehead atoms. The summed E-state index contributed by atoms with van der Waals surface area (Å²) in [5, 5.41) is 22.6. The molecule has 0 aliphatic carbocycles. The quantitative estimate of drug-likeness (QED) is 0.783. The van der Waals surface area contributed by atoms with Gasteiger partial charge in [-0.3, -0.25) is 0 Å². The summed E-state index contributed by atoms with van der Waals surface area (Å²) in [4.78, 5) is 20.4. The average molecular weight is 295 g/mol. The molecule has 0 aliphatic heterocycles. The van der Waals surface area contributed by atoms with Gasteiger partial charge >= 0.3 is 5.97 Å². The number of aromatic carboxylic acids is 1. The monoisotopic (exact) mass is 295 g/mol. The molecule has 0 amide bonds. The molecule has 2 aromatic rings. The first kappa shape index (κ1) is 14.7. The highest BCUT2D eigenvalue weighted by Crippen LogP contribution is 2.34. The summed E-state index contributed by atoms with van der Waals surface area (Å²) in [7, 11) is 0. The van der Waals surface area contributed by atoms with Gasteiger partial charge in [0.2, 0.25) is 0 Å². The van der Waals surface area contributed by atoms with E-state index in [0.717, 1.165) is 11.3 Å². The van der Waals surface area contributed by atoms with Gasteiger partial charge in [0.05, 0.1) is 17.5 Å². The number of nitrogens with one attached hydrogen (secondary N) is 1. The second-order valence-electron chi connectivity index (χ2n) is 4.96. The van der Waals surface area contributed by atoms with E-state index in [9.17, 15) is 15.0 Å². The summed E-state index contributed by atoms with van der Waals surface area (Å²) < 4.78 is 0. The normalized spacial score (nSPS) is 14.2. The van der Waals surface area contributed by atoms with Crippen molar-refractivity contribution in [3.63, 3.8) is 0 Å². The van der Waals surface area contributed by atoms with E-state index in [4.69, 9.17) is 0 Å². The number of thiophene rings is 1. The van der Waals surface area contributed by atoms with Gasteiger partial charge in [-0.15, -0.1) is 11.3 Å². The van der Waals surface area contributed by atoms with Gasteiger partial charge in [0.1, 0.15) is 21.9 Å². The Labute approximate surface area is 120 Å². The molecule has 108 valence electrons. The van der Waals surface area contributed by atoms with E-state index in [0.29, 0.717) is 28.0 Å². The molecular formula is C13H17N3O3S. The number of carboxylic acid groups (broad SMARTS) is 1. The average Bonchev–Trinajstić information content (AvgIpc) is 2.77. The lowest BCUT2D eigenvalue weighted by atomic mass is 10.00. The summed E-state index contributed by atoms with van der Waals surface area (Å²) in [5.41, 5.74) is 0.149. The molecule has 0 aromatic carbocycles. The number of rotatable bonds is 5.